The smallest absolute Gasteiger partial charge is 0.234 e. The molecule has 0 unspecified atom stereocenters. The van der Waals surface area contributed by atoms with Crippen molar-refractivity contribution in [3.8, 4) is 5.75 Å². The molecule has 1 amide bonds. The van der Waals surface area contributed by atoms with Crippen molar-refractivity contribution in [1.29, 1.82) is 0 Å². The van der Waals surface area contributed by atoms with Crippen LogP contribution < -0.4 is 15.8 Å². The first kappa shape index (κ1) is 24.5. The predicted molar refractivity (Wildman–Crippen MR) is 137 cm³/mol. The van der Waals surface area contributed by atoms with E-state index in [1.807, 2.05) is 42.5 Å². The summed E-state index contributed by atoms with van der Waals surface area (Å²) < 4.78 is 5.29. The minimum atomic E-state index is -0.485. The zero-order valence-corrected chi connectivity index (χ0v) is 20.3. The van der Waals surface area contributed by atoms with E-state index in [0.29, 0.717) is 18.8 Å². The molecular formula is C26H32N4O3S. The first-order valence-electron chi connectivity index (χ1n) is 11.7. The second kappa shape index (κ2) is 11.7. The van der Waals surface area contributed by atoms with E-state index in [-0.39, 0.29) is 5.91 Å². The number of nitrogens with two attached hydrogens (primary N) is 1. The summed E-state index contributed by atoms with van der Waals surface area (Å²) >= 11 is 1.56. The molecule has 0 spiro atoms. The number of likely N-dealkylation sites (tertiary alicyclic amines) is 1. The molecule has 180 valence electrons. The number of β-amino-alcohol motifs (C(OH)–C–C–N with tert-alkyl or cyclic N) is 1. The van der Waals surface area contributed by atoms with Crippen molar-refractivity contribution in [3.05, 3.63) is 59.8 Å². The van der Waals surface area contributed by atoms with Crippen LogP contribution >= 0.6 is 11.8 Å². The Morgan fingerprint density at radius 3 is 2.76 bits per heavy atom. The number of thioether (sulfide) groups is 1. The Hall–Kier alpha value is -2.65. The van der Waals surface area contributed by atoms with Crippen molar-refractivity contribution < 1.29 is 14.6 Å². The van der Waals surface area contributed by atoms with Crippen LogP contribution in [0.25, 0.3) is 10.9 Å². The standard InChI is InChI=1S/C17H22N2O2.C9H10N2OS/c1-21-13-5-6-16-15(11-13)14(7-8-18-16)17(20)12-19-9-3-2-4-10-19;10-4-6-1-2-8-7(3-6)11-9(12)5-13-8/h5-8,11,17,20H,2-4,9-10,12H2,1H3;1-3H,4-5,10H2,(H,11,12)/t17-;/m0./s1. The van der Waals surface area contributed by atoms with Gasteiger partial charge in [-0.1, -0.05) is 12.5 Å². The largest absolute Gasteiger partial charge is 0.497 e. The lowest BCUT2D eigenvalue weighted by molar-refractivity contribution is -0.113. The number of fused-ring (bicyclic) bond motifs is 2. The van der Waals surface area contributed by atoms with E-state index in [1.165, 1.54) is 19.3 Å². The topological polar surface area (TPSA) is 101 Å². The van der Waals surface area contributed by atoms with Gasteiger partial charge in [-0.25, -0.2) is 0 Å². The zero-order chi connectivity index (χ0) is 23.9. The van der Waals surface area contributed by atoms with Crippen molar-refractivity contribution >= 4 is 34.3 Å². The van der Waals surface area contributed by atoms with E-state index in [0.717, 1.165) is 51.5 Å². The molecule has 1 atom stereocenters. The Morgan fingerprint density at radius 2 is 2.00 bits per heavy atom. The highest BCUT2D eigenvalue weighted by Crippen LogP contribution is 2.32. The number of nitrogens with zero attached hydrogens (tertiary/aromatic N) is 2. The van der Waals surface area contributed by atoms with Crippen LogP contribution in [0.15, 0.2) is 53.6 Å². The van der Waals surface area contributed by atoms with Gasteiger partial charge in [0.05, 0.1) is 30.2 Å². The summed E-state index contributed by atoms with van der Waals surface area (Å²) in [6.07, 6.45) is 5.06. The molecule has 2 aromatic carbocycles. The van der Waals surface area contributed by atoms with Crippen LogP contribution in [0, 0.1) is 0 Å². The summed E-state index contributed by atoms with van der Waals surface area (Å²) in [6.45, 7) is 3.37. The molecule has 2 aliphatic rings. The Balaban J connectivity index is 0.000000180. The van der Waals surface area contributed by atoms with Crippen molar-refractivity contribution in [2.75, 3.05) is 37.8 Å². The number of carbonyl (C=O) groups excluding carboxylic acids is 1. The summed E-state index contributed by atoms with van der Waals surface area (Å²) in [5.41, 5.74) is 9.26. The highest BCUT2D eigenvalue weighted by Gasteiger charge is 2.18. The molecular weight excluding hydrogens is 448 g/mol. The van der Waals surface area contributed by atoms with Gasteiger partial charge in [0.15, 0.2) is 0 Å². The van der Waals surface area contributed by atoms with Gasteiger partial charge >= 0.3 is 0 Å². The summed E-state index contributed by atoms with van der Waals surface area (Å²) in [5.74, 6) is 1.36. The number of piperidine rings is 1. The third kappa shape index (κ3) is 6.07. The van der Waals surface area contributed by atoms with Crippen LogP contribution in [0.5, 0.6) is 5.75 Å². The molecule has 0 saturated carbocycles. The van der Waals surface area contributed by atoms with Gasteiger partial charge in [0.2, 0.25) is 5.91 Å². The van der Waals surface area contributed by atoms with Crippen LogP contribution in [-0.4, -0.2) is 53.4 Å². The molecule has 8 heteroatoms. The number of methoxy groups -OCH3 is 1. The van der Waals surface area contributed by atoms with Crippen molar-refractivity contribution in [1.82, 2.24) is 9.88 Å². The molecule has 1 saturated heterocycles. The number of aliphatic hydroxyl groups is 1. The van der Waals surface area contributed by atoms with Gasteiger partial charge in [0.1, 0.15) is 5.75 Å². The third-order valence-corrected chi connectivity index (χ3v) is 7.21. The number of hydrogen-bond donors (Lipinski definition) is 3. The van der Waals surface area contributed by atoms with E-state index in [9.17, 15) is 9.90 Å². The van der Waals surface area contributed by atoms with Crippen LogP contribution in [0.3, 0.4) is 0 Å². The maximum absolute atomic E-state index is 11.1. The summed E-state index contributed by atoms with van der Waals surface area (Å²) in [7, 11) is 1.65. The molecule has 3 aromatic rings. The minimum Gasteiger partial charge on any atom is -0.497 e. The van der Waals surface area contributed by atoms with Gasteiger partial charge < -0.3 is 25.8 Å². The SMILES string of the molecule is COc1ccc2nccc([C@@H](O)CN3CCCCC3)c2c1.NCc1ccc2c(c1)NC(=O)CS2. The van der Waals surface area contributed by atoms with Gasteiger partial charge in [-0.2, -0.15) is 0 Å². The van der Waals surface area contributed by atoms with E-state index < -0.39 is 6.10 Å². The van der Waals surface area contributed by atoms with Crippen molar-refractivity contribution in [2.24, 2.45) is 5.73 Å². The normalized spacial score (nSPS) is 16.7. The Labute approximate surface area is 204 Å². The molecule has 34 heavy (non-hydrogen) atoms. The number of anilines is 1. The molecule has 3 heterocycles. The Bertz CT molecular complexity index is 1130. The van der Waals surface area contributed by atoms with Crippen LogP contribution in [0.2, 0.25) is 0 Å². The van der Waals surface area contributed by atoms with E-state index in [1.54, 1.807) is 25.1 Å². The molecule has 0 bridgehead atoms. The number of aromatic nitrogens is 1. The van der Waals surface area contributed by atoms with Crippen molar-refractivity contribution in [2.45, 2.75) is 36.8 Å². The fraction of sp³-hybridized carbons (Fsp3) is 0.385. The first-order chi connectivity index (χ1) is 16.6. The predicted octanol–water partition coefficient (Wildman–Crippen LogP) is 3.95. The summed E-state index contributed by atoms with van der Waals surface area (Å²) in [5, 5.41) is 14.4. The van der Waals surface area contributed by atoms with Gasteiger partial charge in [-0.15, -0.1) is 11.8 Å². The fourth-order valence-electron chi connectivity index (χ4n) is 4.31. The maximum Gasteiger partial charge on any atom is 0.234 e. The van der Waals surface area contributed by atoms with Gasteiger partial charge in [-0.3, -0.25) is 9.78 Å². The van der Waals surface area contributed by atoms with Gasteiger partial charge in [-0.05, 0) is 73.5 Å². The number of aliphatic hydroxyl groups excluding tert-OH is 1. The number of carbonyl (C=O) groups is 1. The monoisotopic (exact) mass is 480 g/mol. The molecule has 7 nitrogen and oxygen atoms in total. The molecule has 2 aliphatic heterocycles. The second-order valence-electron chi connectivity index (χ2n) is 8.53. The number of ether oxygens (including phenoxy) is 1. The van der Waals surface area contributed by atoms with Crippen LogP contribution in [0.4, 0.5) is 5.69 Å². The molecule has 0 radical (unpaired) electrons. The Kier molecular flexibility index (Phi) is 8.39. The molecule has 5 rings (SSSR count). The van der Waals surface area contributed by atoms with Gasteiger partial charge in [0.25, 0.3) is 0 Å². The lowest BCUT2D eigenvalue weighted by Crippen LogP contribution is -2.33. The average molecular weight is 481 g/mol. The fourth-order valence-corrected chi connectivity index (χ4v) is 5.09. The van der Waals surface area contributed by atoms with Crippen molar-refractivity contribution in [3.63, 3.8) is 0 Å². The number of amides is 1. The van der Waals surface area contributed by atoms with E-state index in [4.69, 9.17) is 10.5 Å². The highest BCUT2D eigenvalue weighted by atomic mass is 32.2. The molecule has 4 N–H and O–H groups in total. The molecule has 1 fully saturated rings. The second-order valence-corrected chi connectivity index (χ2v) is 9.55. The van der Waals surface area contributed by atoms with E-state index in [2.05, 4.69) is 15.2 Å². The summed E-state index contributed by atoms with van der Waals surface area (Å²) in [6, 6.07) is 13.6. The average Bonchev–Trinajstić information content (AvgIpc) is 2.88. The number of benzene rings is 2. The highest BCUT2D eigenvalue weighted by molar-refractivity contribution is 8.00. The minimum absolute atomic E-state index is 0.0617. The Morgan fingerprint density at radius 1 is 1.18 bits per heavy atom. The van der Waals surface area contributed by atoms with Gasteiger partial charge in [0, 0.05) is 29.6 Å². The van der Waals surface area contributed by atoms with Crippen LogP contribution in [0.1, 0.15) is 36.5 Å². The zero-order valence-electron chi connectivity index (χ0n) is 19.5. The quantitative estimate of drug-likeness (QED) is 0.508. The lowest BCUT2D eigenvalue weighted by Gasteiger charge is -2.28. The number of nitrogens with one attached hydrogen (secondary N) is 1. The van der Waals surface area contributed by atoms with Crippen LogP contribution in [-0.2, 0) is 11.3 Å². The number of rotatable bonds is 5. The first-order valence-corrected chi connectivity index (χ1v) is 12.6. The maximum atomic E-state index is 11.1. The number of hydrogen-bond acceptors (Lipinski definition) is 7. The van der Waals surface area contributed by atoms with E-state index >= 15 is 0 Å². The molecule has 0 aliphatic carbocycles. The molecule has 1 aromatic heterocycles. The lowest BCUT2D eigenvalue weighted by atomic mass is 10.0. The number of pyridine rings is 1. The third-order valence-electron chi connectivity index (χ3n) is 6.13. The summed E-state index contributed by atoms with van der Waals surface area (Å²) in [4.78, 5) is 18.9.